The summed E-state index contributed by atoms with van der Waals surface area (Å²) in [5.41, 5.74) is 5.62. The number of fused-ring (bicyclic) bond motifs is 1. The Morgan fingerprint density at radius 3 is 2.15 bits per heavy atom. The highest BCUT2D eigenvalue weighted by molar-refractivity contribution is 6.02. The monoisotopic (exact) mass is 533 g/mol. The number of carbonyl (C=O) groups excluding carboxylic acids is 1. The fourth-order valence-corrected chi connectivity index (χ4v) is 5.34. The van der Waals surface area contributed by atoms with Gasteiger partial charge in [-0.2, -0.15) is 0 Å². The zero-order chi connectivity index (χ0) is 27.9. The first-order valence-electron chi connectivity index (χ1n) is 13.6. The highest BCUT2D eigenvalue weighted by Gasteiger charge is 2.27. The lowest BCUT2D eigenvalue weighted by Crippen LogP contribution is -2.49. The molecule has 0 radical (unpaired) electrons. The first kappa shape index (κ1) is 25.7. The summed E-state index contributed by atoms with van der Waals surface area (Å²) in [4.78, 5) is 26.8. The van der Waals surface area contributed by atoms with Crippen molar-refractivity contribution in [3.63, 3.8) is 0 Å². The van der Waals surface area contributed by atoms with E-state index in [2.05, 4.69) is 54.9 Å². The van der Waals surface area contributed by atoms with E-state index in [9.17, 15) is 9.18 Å². The summed E-state index contributed by atoms with van der Waals surface area (Å²) in [6, 6.07) is 24.6. The van der Waals surface area contributed by atoms with Gasteiger partial charge in [0.2, 0.25) is 0 Å². The van der Waals surface area contributed by atoms with Gasteiger partial charge in [0.1, 0.15) is 18.0 Å². The lowest BCUT2D eigenvalue weighted by molar-refractivity contribution is 0.0746. The number of nitrogens with zero attached hydrogens (tertiary/aromatic N) is 5. The molecule has 5 aromatic rings. The summed E-state index contributed by atoms with van der Waals surface area (Å²) in [6.45, 7) is 9.04. The van der Waals surface area contributed by atoms with Crippen LogP contribution in [0, 0.1) is 5.82 Å². The minimum atomic E-state index is -0.281. The van der Waals surface area contributed by atoms with Crippen LogP contribution in [0.1, 0.15) is 36.7 Å². The maximum absolute atomic E-state index is 13.7. The lowest BCUT2D eigenvalue weighted by Gasteiger charge is -2.35. The molecule has 7 heteroatoms. The number of rotatable bonds is 4. The number of carbonyl (C=O) groups is 1. The van der Waals surface area contributed by atoms with E-state index in [4.69, 9.17) is 4.98 Å². The minimum absolute atomic E-state index is 0.0460. The molecule has 0 atom stereocenters. The zero-order valence-electron chi connectivity index (χ0n) is 23.0. The Hall–Kier alpha value is -4.52. The van der Waals surface area contributed by atoms with Crippen LogP contribution in [0.4, 0.5) is 10.2 Å². The number of benzene rings is 3. The number of halogens is 1. The number of amides is 1. The van der Waals surface area contributed by atoms with Crippen molar-refractivity contribution < 1.29 is 9.18 Å². The van der Waals surface area contributed by atoms with Crippen LogP contribution in [0.25, 0.3) is 27.8 Å². The van der Waals surface area contributed by atoms with Crippen molar-refractivity contribution in [3.8, 4) is 16.8 Å². The smallest absolute Gasteiger partial charge is 0.253 e. The van der Waals surface area contributed by atoms with E-state index in [0.29, 0.717) is 31.7 Å². The van der Waals surface area contributed by atoms with Crippen molar-refractivity contribution in [1.29, 1.82) is 0 Å². The minimum Gasteiger partial charge on any atom is -0.352 e. The van der Waals surface area contributed by atoms with Crippen LogP contribution in [-0.4, -0.2) is 51.5 Å². The van der Waals surface area contributed by atoms with Crippen molar-refractivity contribution >= 4 is 22.8 Å². The molecule has 40 heavy (non-hydrogen) atoms. The third kappa shape index (κ3) is 4.83. The van der Waals surface area contributed by atoms with E-state index in [1.165, 1.54) is 17.7 Å². The number of anilines is 1. The second kappa shape index (κ2) is 10.2. The number of aromatic nitrogens is 3. The molecule has 1 amide bonds. The van der Waals surface area contributed by atoms with E-state index >= 15 is 0 Å². The Balaban J connectivity index is 1.31. The topological polar surface area (TPSA) is 54.3 Å². The molecule has 1 aliphatic rings. The van der Waals surface area contributed by atoms with Gasteiger partial charge in [-0.3, -0.25) is 4.79 Å². The molecular weight excluding hydrogens is 501 g/mol. The Labute approximate surface area is 233 Å². The van der Waals surface area contributed by atoms with E-state index in [1.54, 1.807) is 18.5 Å². The predicted octanol–water partition coefficient (Wildman–Crippen LogP) is 6.49. The van der Waals surface area contributed by atoms with Gasteiger partial charge < -0.3 is 14.4 Å². The second-order valence-electron chi connectivity index (χ2n) is 11.3. The van der Waals surface area contributed by atoms with Gasteiger partial charge in [0.25, 0.3) is 5.91 Å². The molecule has 3 heterocycles. The average molecular weight is 534 g/mol. The van der Waals surface area contributed by atoms with Gasteiger partial charge in [0, 0.05) is 49.2 Å². The SMILES string of the molecule is CC(C)(C)c1ccc(C(=O)N2CCN(c3ncnc4c3c(-c3ccccc3)cn4-c3ccc(F)cc3)CC2)cc1. The molecule has 1 saturated heterocycles. The van der Waals surface area contributed by atoms with Crippen LogP contribution < -0.4 is 4.90 Å². The third-order valence-electron chi connectivity index (χ3n) is 7.62. The van der Waals surface area contributed by atoms with Crippen molar-refractivity contribution in [1.82, 2.24) is 19.4 Å². The molecule has 0 unspecified atom stereocenters. The number of piperazine rings is 1. The van der Waals surface area contributed by atoms with Gasteiger partial charge >= 0.3 is 0 Å². The normalized spacial score (nSPS) is 14.1. The molecular formula is C33H32FN5O. The van der Waals surface area contributed by atoms with E-state index in [1.807, 2.05) is 46.0 Å². The van der Waals surface area contributed by atoms with Crippen molar-refractivity contribution in [2.24, 2.45) is 0 Å². The molecule has 0 N–H and O–H groups in total. The molecule has 0 spiro atoms. The Morgan fingerprint density at radius 2 is 1.50 bits per heavy atom. The summed E-state index contributed by atoms with van der Waals surface area (Å²) in [7, 11) is 0. The zero-order valence-corrected chi connectivity index (χ0v) is 23.0. The van der Waals surface area contributed by atoms with E-state index in [0.717, 1.165) is 33.7 Å². The van der Waals surface area contributed by atoms with Crippen molar-refractivity contribution in [2.45, 2.75) is 26.2 Å². The van der Waals surface area contributed by atoms with Crippen LogP contribution in [0.15, 0.2) is 91.4 Å². The molecule has 2 aromatic heterocycles. The molecule has 202 valence electrons. The molecule has 3 aromatic carbocycles. The molecule has 0 bridgehead atoms. The van der Waals surface area contributed by atoms with Crippen molar-refractivity contribution in [2.75, 3.05) is 31.1 Å². The Bertz CT molecular complexity index is 1650. The highest BCUT2D eigenvalue weighted by atomic mass is 19.1. The lowest BCUT2D eigenvalue weighted by atomic mass is 9.86. The molecule has 1 fully saturated rings. The molecule has 6 rings (SSSR count). The first-order valence-corrected chi connectivity index (χ1v) is 13.6. The van der Waals surface area contributed by atoms with E-state index in [-0.39, 0.29) is 17.1 Å². The Kier molecular flexibility index (Phi) is 6.58. The van der Waals surface area contributed by atoms with Crippen molar-refractivity contribution in [3.05, 3.63) is 108 Å². The fourth-order valence-electron chi connectivity index (χ4n) is 5.34. The standard InChI is InChI=1S/C33H32FN5O/c1-33(2,3)25-11-9-24(10-12-25)32(40)38-19-17-37(18-20-38)30-29-28(23-7-5-4-6-8-23)21-39(31(29)36-22-35-30)27-15-13-26(34)14-16-27/h4-16,21-22H,17-20H2,1-3H3. The van der Waals surface area contributed by atoms with E-state index < -0.39 is 0 Å². The summed E-state index contributed by atoms with van der Waals surface area (Å²) in [5, 5.41) is 0.940. The summed E-state index contributed by atoms with van der Waals surface area (Å²) >= 11 is 0. The number of hydrogen-bond donors (Lipinski definition) is 0. The predicted molar refractivity (Wildman–Crippen MR) is 158 cm³/mol. The van der Waals surface area contributed by atoms with Crippen LogP contribution >= 0.6 is 0 Å². The third-order valence-corrected chi connectivity index (χ3v) is 7.62. The van der Waals surface area contributed by atoms with Gasteiger partial charge in [0.05, 0.1) is 5.39 Å². The van der Waals surface area contributed by atoms with Gasteiger partial charge in [0.15, 0.2) is 5.65 Å². The van der Waals surface area contributed by atoms with Gasteiger partial charge in [-0.25, -0.2) is 14.4 Å². The number of hydrogen-bond acceptors (Lipinski definition) is 4. The molecule has 1 aliphatic heterocycles. The van der Waals surface area contributed by atoms with Crippen LogP contribution in [-0.2, 0) is 5.41 Å². The quantitative estimate of drug-likeness (QED) is 0.265. The second-order valence-corrected chi connectivity index (χ2v) is 11.3. The summed E-state index contributed by atoms with van der Waals surface area (Å²) in [6.07, 6.45) is 3.63. The van der Waals surface area contributed by atoms with Crippen LogP contribution in [0.5, 0.6) is 0 Å². The van der Waals surface area contributed by atoms with Gasteiger partial charge in [-0.15, -0.1) is 0 Å². The first-order chi connectivity index (χ1) is 19.3. The maximum atomic E-state index is 13.7. The van der Waals surface area contributed by atoms with Gasteiger partial charge in [-0.1, -0.05) is 63.2 Å². The van der Waals surface area contributed by atoms with Gasteiger partial charge in [-0.05, 0) is 52.9 Å². The fraction of sp³-hybridized carbons (Fsp3) is 0.242. The molecule has 6 nitrogen and oxygen atoms in total. The summed E-state index contributed by atoms with van der Waals surface area (Å²) < 4.78 is 15.7. The Morgan fingerprint density at radius 1 is 0.825 bits per heavy atom. The largest absolute Gasteiger partial charge is 0.352 e. The molecule has 0 aliphatic carbocycles. The molecule has 0 saturated carbocycles. The summed E-state index contributed by atoms with van der Waals surface area (Å²) in [5.74, 6) is 0.614. The maximum Gasteiger partial charge on any atom is 0.253 e. The van der Waals surface area contributed by atoms with Crippen LogP contribution in [0.2, 0.25) is 0 Å². The van der Waals surface area contributed by atoms with Crippen LogP contribution in [0.3, 0.4) is 0 Å². The highest BCUT2D eigenvalue weighted by Crippen LogP contribution is 2.37. The average Bonchev–Trinajstić information content (AvgIpc) is 3.37.